The fourth-order valence-corrected chi connectivity index (χ4v) is 1.46. The molecule has 3 heteroatoms. The van der Waals surface area contributed by atoms with E-state index in [1.807, 2.05) is 32.3 Å². The molecule has 0 aliphatic carbocycles. The summed E-state index contributed by atoms with van der Waals surface area (Å²) in [5.74, 6) is 0.687. The van der Waals surface area contributed by atoms with Gasteiger partial charge in [0.25, 0.3) is 0 Å². The molecule has 0 amide bonds. The molecule has 1 aromatic heterocycles. The average Bonchev–Trinajstić information content (AvgIpc) is 2.17. The second-order valence-electron chi connectivity index (χ2n) is 3.67. The van der Waals surface area contributed by atoms with Crippen molar-refractivity contribution in [2.75, 3.05) is 6.54 Å². The number of aromatic nitrogens is 1. The first-order valence-electron chi connectivity index (χ1n) is 4.91. The Balaban J connectivity index is 2.26. The standard InChI is InChI=1S/C11H14N2O/c1-8(2)14-11-5-10-6-12-4-3-9(10)7-13-11/h5-8H,3-4H2,1-2H3. The van der Waals surface area contributed by atoms with E-state index in [-0.39, 0.29) is 6.10 Å². The molecule has 1 aliphatic rings. The van der Waals surface area contributed by atoms with Gasteiger partial charge in [0.05, 0.1) is 6.10 Å². The van der Waals surface area contributed by atoms with Crippen LogP contribution in [0.1, 0.15) is 25.0 Å². The van der Waals surface area contributed by atoms with Gasteiger partial charge < -0.3 is 4.74 Å². The van der Waals surface area contributed by atoms with Crippen LogP contribution in [0.4, 0.5) is 0 Å². The van der Waals surface area contributed by atoms with Crippen molar-refractivity contribution < 1.29 is 4.74 Å². The van der Waals surface area contributed by atoms with Crippen molar-refractivity contribution in [1.29, 1.82) is 0 Å². The van der Waals surface area contributed by atoms with Crippen molar-refractivity contribution >= 4 is 6.21 Å². The molecule has 0 saturated carbocycles. The first kappa shape index (κ1) is 9.19. The molecule has 0 bridgehead atoms. The Kier molecular flexibility index (Phi) is 2.48. The Morgan fingerprint density at radius 2 is 2.29 bits per heavy atom. The van der Waals surface area contributed by atoms with Gasteiger partial charge in [0.1, 0.15) is 0 Å². The number of pyridine rings is 1. The Hall–Kier alpha value is -1.38. The van der Waals surface area contributed by atoms with Crippen LogP contribution in [0.5, 0.6) is 5.88 Å². The Bertz CT molecular complexity index is 358. The summed E-state index contributed by atoms with van der Waals surface area (Å²) < 4.78 is 5.51. The lowest BCUT2D eigenvalue weighted by atomic mass is 10.1. The molecule has 0 aromatic carbocycles. The van der Waals surface area contributed by atoms with E-state index in [9.17, 15) is 0 Å². The molecule has 0 radical (unpaired) electrons. The third-order valence-corrected chi connectivity index (χ3v) is 2.09. The summed E-state index contributed by atoms with van der Waals surface area (Å²) in [6, 6.07) is 1.96. The van der Waals surface area contributed by atoms with Crippen LogP contribution in [0, 0.1) is 0 Å². The van der Waals surface area contributed by atoms with Crippen molar-refractivity contribution in [3.05, 3.63) is 23.4 Å². The lowest BCUT2D eigenvalue weighted by Gasteiger charge is -2.12. The molecule has 0 fully saturated rings. The van der Waals surface area contributed by atoms with Crippen molar-refractivity contribution in [2.45, 2.75) is 26.4 Å². The Morgan fingerprint density at radius 3 is 3.07 bits per heavy atom. The molecule has 2 heterocycles. The van der Waals surface area contributed by atoms with Crippen molar-refractivity contribution in [2.24, 2.45) is 4.99 Å². The van der Waals surface area contributed by atoms with Gasteiger partial charge in [-0.25, -0.2) is 4.98 Å². The summed E-state index contributed by atoms with van der Waals surface area (Å²) in [6.45, 7) is 4.86. The maximum Gasteiger partial charge on any atom is 0.214 e. The van der Waals surface area contributed by atoms with Crippen LogP contribution in [-0.2, 0) is 6.42 Å². The molecular formula is C11H14N2O. The molecule has 3 nitrogen and oxygen atoms in total. The van der Waals surface area contributed by atoms with Gasteiger partial charge in [-0.15, -0.1) is 0 Å². The lowest BCUT2D eigenvalue weighted by molar-refractivity contribution is 0.232. The number of nitrogens with zero attached hydrogens (tertiary/aromatic N) is 2. The monoisotopic (exact) mass is 190 g/mol. The molecule has 0 unspecified atom stereocenters. The largest absolute Gasteiger partial charge is 0.475 e. The summed E-state index contributed by atoms with van der Waals surface area (Å²) >= 11 is 0. The predicted molar refractivity (Wildman–Crippen MR) is 56.2 cm³/mol. The fraction of sp³-hybridized carbons (Fsp3) is 0.455. The van der Waals surface area contributed by atoms with E-state index < -0.39 is 0 Å². The molecule has 74 valence electrons. The second-order valence-corrected chi connectivity index (χ2v) is 3.67. The molecule has 0 N–H and O–H groups in total. The highest BCUT2D eigenvalue weighted by atomic mass is 16.5. The van der Waals surface area contributed by atoms with E-state index in [4.69, 9.17) is 4.74 Å². The average molecular weight is 190 g/mol. The zero-order valence-corrected chi connectivity index (χ0v) is 8.53. The SMILES string of the molecule is CC(C)Oc1cc2c(cn1)CCN=C2. The van der Waals surface area contributed by atoms with Crippen LogP contribution < -0.4 is 4.74 Å². The van der Waals surface area contributed by atoms with Crippen LogP contribution in [0.3, 0.4) is 0 Å². The zero-order chi connectivity index (χ0) is 9.97. The Labute approximate surface area is 83.8 Å². The van der Waals surface area contributed by atoms with E-state index in [2.05, 4.69) is 9.98 Å². The fourth-order valence-electron chi connectivity index (χ4n) is 1.46. The lowest BCUT2D eigenvalue weighted by Crippen LogP contribution is -2.09. The van der Waals surface area contributed by atoms with Gasteiger partial charge in [0.15, 0.2) is 0 Å². The molecule has 0 spiro atoms. The van der Waals surface area contributed by atoms with Gasteiger partial charge in [-0.2, -0.15) is 0 Å². The third kappa shape index (κ3) is 1.92. The minimum absolute atomic E-state index is 0.168. The van der Waals surface area contributed by atoms with Gasteiger partial charge >= 0.3 is 0 Å². The highest BCUT2D eigenvalue weighted by molar-refractivity contribution is 5.83. The van der Waals surface area contributed by atoms with Crippen LogP contribution >= 0.6 is 0 Å². The molecular weight excluding hydrogens is 176 g/mol. The maximum atomic E-state index is 5.51. The summed E-state index contributed by atoms with van der Waals surface area (Å²) in [6.07, 6.45) is 4.94. The number of hydrogen-bond donors (Lipinski definition) is 0. The number of rotatable bonds is 2. The van der Waals surface area contributed by atoms with E-state index in [1.165, 1.54) is 5.56 Å². The molecule has 0 saturated heterocycles. The first-order valence-corrected chi connectivity index (χ1v) is 4.91. The van der Waals surface area contributed by atoms with Crippen molar-refractivity contribution in [3.63, 3.8) is 0 Å². The number of fused-ring (bicyclic) bond motifs is 1. The van der Waals surface area contributed by atoms with E-state index >= 15 is 0 Å². The highest BCUT2D eigenvalue weighted by Crippen LogP contribution is 2.17. The summed E-state index contributed by atoms with van der Waals surface area (Å²) in [7, 11) is 0. The molecule has 2 rings (SSSR count). The highest BCUT2D eigenvalue weighted by Gasteiger charge is 2.08. The molecule has 1 aromatic rings. The summed E-state index contributed by atoms with van der Waals surface area (Å²) in [4.78, 5) is 8.48. The smallest absolute Gasteiger partial charge is 0.214 e. The third-order valence-electron chi connectivity index (χ3n) is 2.09. The molecule has 14 heavy (non-hydrogen) atoms. The van der Waals surface area contributed by atoms with Crippen molar-refractivity contribution in [3.8, 4) is 5.88 Å². The summed E-state index contributed by atoms with van der Waals surface area (Å²) in [5, 5.41) is 0. The van der Waals surface area contributed by atoms with Gasteiger partial charge in [0, 0.05) is 30.6 Å². The topological polar surface area (TPSA) is 34.5 Å². The van der Waals surface area contributed by atoms with Crippen LogP contribution in [-0.4, -0.2) is 23.8 Å². The number of ether oxygens (including phenoxy) is 1. The Morgan fingerprint density at radius 1 is 1.43 bits per heavy atom. The van der Waals surface area contributed by atoms with Crippen LogP contribution in [0.15, 0.2) is 17.3 Å². The molecule has 0 atom stereocenters. The quantitative estimate of drug-likeness (QED) is 0.713. The van der Waals surface area contributed by atoms with Crippen molar-refractivity contribution in [1.82, 2.24) is 4.98 Å². The van der Waals surface area contributed by atoms with Gasteiger partial charge in [-0.1, -0.05) is 0 Å². The minimum atomic E-state index is 0.168. The number of hydrogen-bond acceptors (Lipinski definition) is 3. The van der Waals surface area contributed by atoms with Gasteiger partial charge in [-0.3, -0.25) is 4.99 Å². The van der Waals surface area contributed by atoms with E-state index in [0.29, 0.717) is 5.88 Å². The molecule has 1 aliphatic heterocycles. The maximum absolute atomic E-state index is 5.51. The number of aliphatic imine (C=N–C) groups is 1. The van der Waals surface area contributed by atoms with E-state index in [0.717, 1.165) is 18.5 Å². The zero-order valence-electron chi connectivity index (χ0n) is 8.53. The van der Waals surface area contributed by atoms with Crippen LogP contribution in [0.25, 0.3) is 0 Å². The predicted octanol–water partition coefficient (Wildman–Crippen LogP) is 1.84. The van der Waals surface area contributed by atoms with E-state index in [1.54, 1.807) is 0 Å². The normalized spacial score (nSPS) is 14.2. The van der Waals surface area contributed by atoms with Gasteiger partial charge in [0.2, 0.25) is 5.88 Å². The van der Waals surface area contributed by atoms with Gasteiger partial charge in [-0.05, 0) is 25.8 Å². The van der Waals surface area contributed by atoms with Crippen LogP contribution in [0.2, 0.25) is 0 Å². The summed E-state index contributed by atoms with van der Waals surface area (Å²) in [5.41, 5.74) is 2.40. The first-order chi connectivity index (χ1) is 6.75. The minimum Gasteiger partial charge on any atom is -0.475 e. The second kappa shape index (κ2) is 3.78.